The highest BCUT2D eigenvalue weighted by atomic mass is 16.6. The Morgan fingerprint density at radius 1 is 0.828 bits per heavy atom. The van der Waals surface area contributed by atoms with Crippen molar-refractivity contribution >= 4 is 28.5 Å². The quantitative estimate of drug-likeness (QED) is 0.619. The van der Waals surface area contributed by atoms with E-state index in [-0.39, 0.29) is 17.7 Å². The molecular weight excluding hydrogens is 364 g/mol. The molecule has 29 heavy (non-hydrogen) atoms. The lowest BCUT2D eigenvalue weighted by Gasteiger charge is -2.22. The minimum Gasteiger partial charge on any atom is -0.409 e. The molecule has 3 aromatic rings. The lowest BCUT2D eigenvalue weighted by Crippen LogP contribution is -2.38. The predicted molar refractivity (Wildman–Crippen MR) is 114 cm³/mol. The second-order valence-corrected chi connectivity index (χ2v) is 7.38. The fourth-order valence-electron chi connectivity index (χ4n) is 3.74. The van der Waals surface area contributed by atoms with Crippen molar-refractivity contribution in [3.8, 4) is 5.75 Å². The van der Waals surface area contributed by atoms with Crippen molar-refractivity contribution in [3.05, 3.63) is 72.3 Å². The van der Waals surface area contributed by atoms with E-state index in [0.717, 1.165) is 36.5 Å². The number of hydrogen-bond acceptors (Lipinski definition) is 3. The average molecular weight is 388 g/mol. The van der Waals surface area contributed by atoms with Gasteiger partial charge in [0.2, 0.25) is 0 Å². The van der Waals surface area contributed by atoms with Gasteiger partial charge in [-0.15, -0.1) is 0 Å². The number of nitrogens with one attached hydrogen (secondary N) is 2. The molecule has 0 aliphatic heterocycles. The zero-order valence-corrected chi connectivity index (χ0v) is 16.2. The van der Waals surface area contributed by atoms with E-state index < -0.39 is 6.09 Å². The minimum absolute atomic E-state index is 0.137. The van der Waals surface area contributed by atoms with Crippen LogP contribution in [0.25, 0.3) is 10.8 Å². The minimum atomic E-state index is -0.513. The van der Waals surface area contributed by atoms with Crippen molar-refractivity contribution in [2.75, 3.05) is 5.32 Å². The molecule has 0 heterocycles. The molecule has 1 fully saturated rings. The van der Waals surface area contributed by atoms with Crippen LogP contribution in [0.3, 0.4) is 0 Å². The van der Waals surface area contributed by atoms with E-state index in [2.05, 4.69) is 10.6 Å². The highest BCUT2D eigenvalue weighted by molar-refractivity contribution is 6.09. The fourth-order valence-corrected chi connectivity index (χ4v) is 3.74. The normalized spacial score (nSPS) is 14.3. The zero-order chi connectivity index (χ0) is 20.1. The van der Waals surface area contributed by atoms with Gasteiger partial charge in [0.25, 0.3) is 5.91 Å². The molecule has 1 aliphatic rings. The van der Waals surface area contributed by atoms with Crippen LogP contribution in [0.1, 0.15) is 42.5 Å². The van der Waals surface area contributed by atoms with Gasteiger partial charge in [0.05, 0.1) is 5.56 Å². The molecule has 5 nitrogen and oxygen atoms in total. The van der Waals surface area contributed by atoms with E-state index in [1.807, 2.05) is 54.6 Å². The number of para-hydroxylation sites is 1. The van der Waals surface area contributed by atoms with Gasteiger partial charge in [-0.25, -0.2) is 4.79 Å². The first kappa shape index (κ1) is 19.0. The van der Waals surface area contributed by atoms with Crippen molar-refractivity contribution < 1.29 is 14.3 Å². The van der Waals surface area contributed by atoms with E-state index in [1.165, 1.54) is 6.42 Å². The molecule has 0 atom stereocenters. The summed E-state index contributed by atoms with van der Waals surface area (Å²) in [5.74, 6) is -0.0622. The van der Waals surface area contributed by atoms with Gasteiger partial charge in [-0.05, 0) is 47.9 Å². The Bertz CT molecular complexity index is 1010. The molecule has 0 saturated heterocycles. The SMILES string of the molecule is O=C(NC1CCCCC1)Oc1cc2ccccc2cc1C(=O)Nc1ccccc1. The number of amides is 2. The van der Waals surface area contributed by atoms with Crippen LogP contribution in [0.5, 0.6) is 5.75 Å². The second kappa shape index (κ2) is 8.78. The van der Waals surface area contributed by atoms with E-state index >= 15 is 0 Å². The van der Waals surface area contributed by atoms with E-state index in [0.29, 0.717) is 11.3 Å². The van der Waals surface area contributed by atoms with Crippen LogP contribution in [0.4, 0.5) is 10.5 Å². The van der Waals surface area contributed by atoms with Crippen molar-refractivity contribution in [2.24, 2.45) is 0 Å². The van der Waals surface area contributed by atoms with E-state index in [9.17, 15) is 9.59 Å². The van der Waals surface area contributed by atoms with Crippen molar-refractivity contribution in [2.45, 2.75) is 38.1 Å². The molecule has 0 bridgehead atoms. The van der Waals surface area contributed by atoms with Crippen molar-refractivity contribution in [1.82, 2.24) is 5.32 Å². The summed E-state index contributed by atoms with van der Waals surface area (Å²) in [6.07, 6.45) is 4.86. The van der Waals surface area contributed by atoms with Crippen LogP contribution in [-0.4, -0.2) is 18.0 Å². The summed E-state index contributed by atoms with van der Waals surface area (Å²) in [4.78, 5) is 25.4. The van der Waals surface area contributed by atoms with E-state index in [1.54, 1.807) is 12.1 Å². The average Bonchev–Trinajstić information content (AvgIpc) is 2.74. The van der Waals surface area contributed by atoms with Crippen LogP contribution in [-0.2, 0) is 0 Å². The van der Waals surface area contributed by atoms with Gasteiger partial charge in [-0.2, -0.15) is 0 Å². The van der Waals surface area contributed by atoms with Gasteiger partial charge in [0.1, 0.15) is 5.75 Å². The summed E-state index contributed by atoms with van der Waals surface area (Å²) in [5.41, 5.74) is 1.01. The largest absolute Gasteiger partial charge is 0.412 e. The highest BCUT2D eigenvalue weighted by Crippen LogP contribution is 2.27. The van der Waals surface area contributed by atoms with Crippen LogP contribution < -0.4 is 15.4 Å². The van der Waals surface area contributed by atoms with Gasteiger partial charge in [-0.3, -0.25) is 4.79 Å². The Kier molecular flexibility index (Phi) is 5.75. The fraction of sp³-hybridized carbons (Fsp3) is 0.250. The summed E-state index contributed by atoms with van der Waals surface area (Å²) in [7, 11) is 0. The topological polar surface area (TPSA) is 67.4 Å². The lowest BCUT2D eigenvalue weighted by molar-refractivity contribution is 0.102. The first-order chi connectivity index (χ1) is 14.2. The maximum atomic E-state index is 12.9. The first-order valence-electron chi connectivity index (χ1n) is 10.1. The summed E-state index contributed by atoms with van der Waals surface area (Å²) < 4.78 is 5.60. The highest BCUT2D eigenvalue weighted by Gasteiger charge is 2.20. The molecule has 0 unspecified atom stereocenters. The van der Waals surface area contributed by atoms with Crippen LogP contribution >= 0.6 is 0 Å². The summed E-state index contributed by atoms with van der Waals surface area (Å²) in [6, 6.07) is 20.6. The summed E-state index contributed by atoms with van der Waals surface area (Å²) >= 11 is 0. The standard InChI is InChI=1S/C24H24N2O3/c27-23(25-19-11-3-1-4-12-19)21-15-17-9-7-8-10-18(17)16-22(21)29-24(28)26-20-13-5-2-6-14-20/h1,3-4,7-12,15-16,20H,2,5-6,13-14H2,(H,25,27)(H,26,28). The molecule has 0 spiro atoms. The smallest absolute Gasteiger partial charge is 0.409 e. The molecule has 5 heteroatoms. The van der Waals surface area contributed by atoms with Gasteiger partial charge < -0.3 is 15.4 Å². The lowest BCUT2D eigenvalue weighted by atomic mass is 9.96. The molecule has 2 amide bonds. The van der Waals surface area contributed by atoms with Crippen molar-refractivity contribution in [3.63, 3.8) is 0 Å². The molecule has 2 N–H and O–H groups in total. The number of rotatable bonds is 4. The Morgan fingerprint density at radius 2 is 1.48 bits per heavy atom. The molecule has 1 saturated carbocycles. The van der Waals surface area contributed by atoms with Gasteiger partial charge in [0.15, 0.2) is 0 Å². The maximum Gasteiger partial charge on any atom is 0.412 e. The molecule has 0 aromatic heterocycles. The second-order valence-electron chi connectivity index (χ2n) is 7.38. The molecule has 4 rings (SSSR count). The molecule has 1 aliphatic carbocycles. The summed E-state index contributed by atoms with van der Waals surface area (Å²) in [5, 5.41) is 7.62. The van der Waals surface area contributed by atoms with Gasteiger partial charge >= 0.3 is 6.09 Å². The van der Waals surface area contributed by atoms with Crippen LogP contribution in [0, 0.1) is 0 Å². The van der Waals surface area contributed by atoms with E-state index in [4.69, 9.17) is 4.74 Å². The van der Waals surface area contributed by atoms with Gasteiger partial charge in [0, 0.05) is 11.7 Å². The zero-order valence-electron chi connectivity index (χ0n) is 16.2. The number of ether oxygens (including phenoxy) is 1. The Morgan fingerprint density at radius 3 is 2.21 bits per heavy atom. The van der Waals surface area contributed by atoms with Crippen molar-refractivity contribution in [1.29, 1.82) is 0 Å². The van der Waals surface area contributed by atoms with Crippen LogP contribution in [0.15, 0.2) is 66.7 Å². The molecular formula is C24H24N2O3. The third-order valence-corrected chi connectivity index (χ3v) is 5.25. The Labute approximate surface area is 170 Å². The monoisotopic (exact) mass is 388 g/mol. The third-order valence-electron chi connectivity index (χ3n) is 5.25. The molecule has 0 radical (unpaired) electrons. The van der Waals surface area contributed by atoms with Crippen LogP contribution in [0.2, 0.25) is 0 Å². The molecule has 3 aromatic carbocycles. The number of benzene rings is 3. The number of carbonyl (C=O) groups excluding carboxylic acids is 2. The number of fused-ring (bicyclic) bond motifs is 1. The number of carbonyl (C=O) groups is 2. The molecule has 148 valence electrons. The summed E-state index contributed by atoms with van der Waals surface area (Å²) in [6.45, 7) is 0. The number of anilines is 1. The third kappa shape index (κ3) is 4.74. The number of hydrogen-bond donors (Lipinski definition) is 2. The maximum absolute atomic E-state index is 12.9. The Hall–Kier alpha value is -3.34. The van der Waals surface area contributed by atoms with Gasteiger partial charge in [-0.1, -0.05) is 61.7 Å². The Balaban J connectivity index is 1.59. The predicted octanol–water partition coefficient (Wildman–Crippen LogP) is 5.51. The first-order valence-corrected chi connectivity index (χ1v) is 10.1.